The molecular formula is C21H27N5O2. The first-order valence-electron chi connectivity index (χ1n) is 10.4. The standard InChI is InChI=1S/C21H27N5O2/c27-20(24-9-3-4-10-24)26-12-8-21(28)7-11-25(14-16(21)15-26)19-13-22-17-5-1-2-6-18(17)23-19/h1-2,5-6,13,16,28H,3-4,7-12,14-15H2/t16-,21-/m0/s1. The van der Waals surface area contributed by atoms with Crippen molar-refractivity contribution in [1.82, 2.24) is 19.8 Å². The van der Waals surface area contributed by atoms with Crippen LogP contribution in [-0.4, -0.2) is 75.8 Å². The van der Waals surface area contributed by atoms with Gasteiger partial charge in [-0.25, -0.2) is 9.78 Å². The number of para-hydroxylation sites is 2. The zero-order chi connectivity index (χ0) is 19.1. The van der Waals surface area contributed by atoms with Crippen LogP contribution in [-0.2, 0) is 0 Å². The average molecular weight is 381 g/mol. The van der Waals surface area contributed by atoms with Crippen molar-refractivity contribution < 1.29 is 9.90 Å². The van der Waals surface area contributed by atoms with Gasteiger partial charge >= 0.3 is 6.03 Å². The van der Waals surface area contributed by atoms with Crippen molar-refractivity contribution in [3.8, 4) is 0 Å². The first kappa shape index (κ1) is 17.7. The normalized spacial score (nSPS) is 27.9. The van der Waals surface area contributed by atoms with Crippen LogP contribution >= 0.6 is 0 Å². The summed E-state index contributed by atoms with van der Waals surface area (Å²) in [5.74, 6) is 0.888. The summed E-state index contributed by atoms with van der Waals surface area (Å²) < 4.78 is 0. The van der Waals surface area contributed by atoms with Gasteiger partial charge in [0.25, 0.3) is 0 Å². The van der Waals surface area contributed by atoms with Crippen molar-refractivity contribution in [1.29, 1.82) is 0 Å². The molecule has 3 aliphatic rings. The Morgan fingerprint density at radius 2 is 1.75 bits per heavy atom. The number of carbonyl (C=O) groups is 1. The molecule has 2 atom stereocenters. The zero-order valence-corrected chi connectivity index (χ0v) is 16.1. The minimum absolute atomic E-state index is 0.0369. The minimum Gasteiger partial charge on any atom is -0.389 e. The molecule has 2 aromatic rings. The Bertz CT molecular complexity index is 884. The number of aliphatic hydroxyl groups is 1. The van der Waals surface area contributed by atoms with Crippen molar-refractivity contribution >= 4 is 22.9 Å². The van der Waals surface area contributed by atoms with Crippen LogP contribution < -0.4 is 4.90 Å². The van der Waals surface area contributed by atoms with Crippen LogP contribution in [0.4, 0.5) is 10.6 Å². The van der Waals surface area contributed by atoms with Crippen molar-refractivity contribution in [3.63, 3.8) is 0 Å². The van der Waals surface area contributed by atoms with Gasteiger partial charge in [0.1, 0.15) is 5.82 Å². The molecule has 0 bridgehead atoms. The number of anilines is 1. The van der Waals surface area contributed by atoms with E-state index in [1.807, 2.05) is 40.3 Å². The average Bonchev–Trinajstić information content (AvgIpc) is 3.27. The molecule has 1 aromatic carbocycles. The van der Waals surface area contributed by atoms with Gasteiger partial charge in [0.15, 0.2) is 0 Å². The lowest BCUT2D eigenvalue weighted by Crippen LogP contribution is -2.62. The SMILES string of the molecule is O=C(N1CCCC1)N1CC[C@@]2(O)CCN(c3cnc4ccccc4n3)C[C@H]2C1. The summed E-state index contributed by atoms with van der Waals surface area (Å²) in [6, 6.07) is 8.01. The van der Waals surface area contributed by atoms with Gasteiger partial charge in [-0.3, -0.25) is 4.98 Å². The Morgan fingerprint density at radius 3 is 2.57 bits per heavy atom. The number of hydrogen-bond acceptors (Lipinski definition) is 5. The van der Waals surface area contributed by atoms with Gasteiger partial charge in [-0.1, -0.05) is 12.1 Å². The first-order chi connectivity index (χ1) is 13.6. The highest BCUT2D eigenvalue weighted by Gasteiger charge is 2.46. The third kappa shape index (κ3) is 3.07. The second-order valence-corrected chi connectivity index (χ2v) is 8.39. The molecule has 0 unspecified atom stereocenters. The topological polar surface area (TPSA) is 72.8 Å². The summed E-state index contributed by atoms with van der Waals surface area (Å²) in [7, 11) is 0. The number of carbonyl (C=O) groups excluding carboxylic acids is 1. The summed E-state index contributed by atoms with van der Waals surface area (Å²) in [6.07, 6.45) is 5.39. The summed E-state index contributed by atoms with van der Waals surface area (Å²) in [4.78, 5) is 28.2. The Morgan fingerprint density at radius 1 is 1.00 bits per heavy atom. The molecule has 4 heterocycles. The lowest BCUT2D eigenvalue weighted by molar-refractivity contribution is -0.0763. The Kier molecular flexibility index (Phi) is 4.34. The van der Waals surface area contributed by atoms with Crippen molar-refractivity contribution in [2.75, 3.05) is 44.2 Å². The van der Waals surface area contributed by atoms with Crippen LogP contribution in [0.2, 0.25) is 0 Å². The van der Waals surface area contributed by atoms with Crippen LogP contribution in [0.5, 0.6) is 0 Å². The quantitative estimate of drug-likeness (QED) is 0.819. The molecule has 7 heteroatoms. The second-order valence-electron chi connectivity index (χ2n) is 8.39. The lowest BCUT2D eigenvalue weighted by Gasteiger charge is -2.50. The molecule has 1 N–H and O–H groups in total. The molecular weight excluding hydrogens is 354 g/mol. The second kappa shape index (κ2) is 6.88. The number of rotatable bonds is 1. The molecule has 2 amide bonds. The van der Waals surface area contributed by atoms with E-state index in [0.29, 0.717) is 32.5 Å². The predicted molar refractivity (Wildman–Crippen MR) is 107 cm³/mol. The van der Waals surface area contributed by atoms with E-state index in [4.69, 9.17) is 4.98 Å². The maximum absolute atomic E-state index is 12.8. The number of piperidine rings is 2. The third-order valence-electron chi connectivity index (χ3n) is 6.68. The molecule has 7 nitrogen and oxygen atoms in total. The fourth-order valence-corrected chi connectivity index (χ4v) is 4.89. The number of likely N-dealkylation sites (tertiary alicyclic amines) is 2. The summed E-state index contributed by atoms with van der Waals surface area (Å²) in [6.45, 7) is 4.46. The Labute approximate surface area is 165 Å². The van der Waals surface area contributed by atoms with Gasteiger partial charge in [-0.05, 0) is 37.8 Å². The van der Waals surface area contributed by atoms with Crippen molar-refractivity contribution in [2.24, 2.45) is 5.92 Å². The molecule has 1 aromatic heterocycles. The molecule has 3 fully saturated rings. The highest BCUT2D eigenvalue weighted by Crippen LogP contribution is 2.37. The van der Waals surface area contributed by atoms with Crippen LogP contribution in [0, 0.1) is 5.92 Å². The smallest absolute Gasteiger partial charge is 0.320 e. The monoisotopic (exact) mass is 381 g/mol. The molecule has 0 aliphatic carbocycles. The molecule has 5 rings (SSSR count). The number of hydrogen-bond donors (Lipinski definition) is 1. The number of nitrogens with zero attached hydrogens (tertiary/aromatic N) is 5. The van der Waals surface area contributed by atoms with E-state index in [2.05, 4.69) is 9.88 Å². The predicted octanol–water partition coefficient (Wildman–Crippen LogP) is 2.11. The van der Waals surface area contributed by atoms with E-state index in [1.165, 1.54) is 0 Å². The fourth-order valence-electron chi connectivity index (χ4n) is 4.89. The molecule has 3 aliphatic heterocycles. The van der Waals surface area contributed by atoms with Gasteiger partial charge in [0.05, 0.1) is 22.8 Å². The highest BCUT2D eigenvalue weighted by atomic mass is 16.3. The molecule has 148 valence electrons. The molecule has 0 spiro atoms. The van der Waals surface area contributed by atoms with Gasteiger partial charge in [0.2, 0.25) is 0 Å². The number of amides is 2. The first-order valence-corrected chi connectivity index (χ1v) is 10.4. The third-order valence-corrected chi connectivity index (χ3v) is 6.68. The highest BCUT2D eigenvalue weighted by molar-refractivity contribution is 5.76. The van der Waals surface area contributed by atoms with E-state index < -0.39 is 5.60 Å². The van der Waals surface area contributed by atoms with Crippen LogP contribution in [0.3, 0.4) is 0 Å². The Balaban J connectivity index is 1.33. The van der Waals surface area contributed by atoms with E-state index in [9.17, 15) is 9.90 Å². The maximum Gasteiger partial charge on any atom is 0.320 e. The zero-order valence-electron chi connectivity index (χ0n) is 16.1. The van der Waals surface area contributed by atoms with E-state index in [1.54, 1.807) is 0 Å². The van der Waals surface area contributed by atoms with Crippen molar-refractivity contribution in [3.05, 3.63) is 30.5 Å². The van der Waals surface area contributed by atoms with E-state index in [0.717, 1.165) is 49.3 Å². The van der Waals surface area contributed by atoms with E-state index >= 15 is 0 Å². The van der Waals surface area contributed by atoms with Crippen LogP contribution in [0.25, 0.3) is 11.0 Å². The number of aromatic nitrogens is 2. The largest absolute Gasteiger partial charge is 0.389 e. The van der Waals surface area contributed by atoms with Gasteiger partial charge in [-0.2, -0.15) is 0 Å². The maximum atomic E-state index is 12.8. The van der Waals surface area contributed by atoms with E-state index in [-0.39, 0.29) is 11.9 Å². The molecule has 28 heavy (non-hydrogen) atoms. The fraction of sp³-hybridized carbons (Fsp3) is 0.571. The molecule has 0 radical (unpaired) electrons. The molecule has 3 saturated heterocycles. The van der Waals surface area contributed by atoms with Crippen LogP contribution in [0.15, 0.2) is 30.5 Å². The van der Waals surface area contributed by atoms with Gasteiger partial charge < -0.3 is 19.8 Å². The lowest BCUT2D eigenvalue weighted by atomic mass is 9.75. The van der Waals surface area contributed by atoms with Gasteiger partial charge in [0, 0.05) is 45.2 Å². The summed E-state index contributed by atoms with van der Waals surface area (Å²) >= 11 is 0. The van der Waals surface area contributed by atoms with Gasteiger partial charge in [-0.15, -0.1) is 0 Å². The summed E-state index contributed by atoms with van der Waals surface area (Å²) in [5, 5.41) is 11.2. The van der Waals surface area contributed by atoms with Crippen LogP contribution in [0.1, 0.15) is 25.7 Å². The van der Waals surface area contributed by atoms with Crippen molar-refractivity contribution in [2.45, 2.75) is 31.3 Å². The molecule has 0 saturated carbocycles. The summed E-state index contributed by atoms with van der Waals surface area (Å²) in [5.41, 5.74) is 1.10. The number of fused-ring (bicyclic) bond motifs is 2. The number of benzene rings is 1. The number of urea groups is 1. The Hall–Kier alpha value is -2.41. The minimum atomic E-state index is -0.678.